The highest BCUT2D eigenvalue weighted by molar-refractivity contribution is 7.89. The van der Waals surface area contributed by atoms with E-state index in [1.54, 1.807) is 30.2 Å². The summed E-state index contributed by atoms with van der Waals surface area (Å²) in [5.74, 6) is 0. The lowest BCUT2D eigenvalue weighted by atomic mass is 10.2. The number of hydrogen-bond donors (Lipinski definition) is 2. The van der Waals surface area contributed by atoms with E-state index in [2.05, 4.69) is 20.1 Å². The average Bonchev–Trinajstić information content (AvgIpc) is 2.87. The molecule has 2 aromatic rings. The van der Waals surface area contributed by atoms with Gasteiger partial charge in [-0.15, -0.1) is 0 Å². The molecule has 2 heterocycles. The molecule has 0 bridgehead atoms. The highest BCUT2D eigenvalue weighted by atomic mass is 32.2. The van der Waals surface area contributed by atoms with E-state index in [-0.39, 0.29) is 4.90 Å². The Morgan fingerprint density at radius 3 is 2.68 bits per heavy atom. The van der Waals surface area contributed by atoms with Crippen molar-refractivity contribution in [1.82, 2.24) is 19.5 Å². The van der Waals surface area contributed by atoms with Crippen LogP contribution in [0.5, 0.6) is 0 Å². The third-order valence-corrected chi connectivity index (χ3v) is 4.83. The van der Waals surface area contributed by atoms with Gasteiger partial charge < -0.3 is 5.32 Å². The minimum atomic E-state index is -3.53. The third-order valence-electron chi connectivity index (χ3n) is 3.27. The fraction of sp³-hybridized carbons (Fsp3) is 0.429. The minimum absolute atomic E-state index is 0.231. The largest absolute Gasteiger partial charge is 0.383 e. The van der Waals surface area contributed by atoms with Gasteiger partial charge in [-0.25, -0.2) is 13.1 Å². The molecule has 2 aromatic heterocycles. The Morgan fingerprint density at radius 1 is 1.27 bits per heavy atom. The fourth-order valence-electron chi connectivity index (χ4n) is 2.06. The van der Waals surface area contributed by atoms with Crippen molar-refractivity contribution in [1.29, 1.82) is 0 Å². The van der Waals surface area contributed by atoms with Crippen LogP contribution in [-0.2, 0) is 16.6 Å². The van der Waals surface area contributed by atoms with Crippen LogP contribution in [0, 0.1) is 13.8 Å². The van der Waals surface area contributed by atoms with Crippen LogP contribution in [0.3, 0.4) is 0 Å². The van der Waals surface area contributed by atoms with Crippen molar-refractivity contribution in [3.05, 3.63) is 35.9 Å². The molecule has 0 radical (unpaired) electrons. The summed E-state index contributed by atoms with van der Waals surface area (Å²) >= 11 is 0. The average molecular weight is 323 g/mol. The van der Waals surface area contributed by atoms with Crippen LogP contribution >= 0.6 is 0 Å². The van der Waals surface area contributed by atoms with Crippen LogP contribution in [0.2, 0.25) is 0 Å². The molecular formula is C14H21N5O2S. The van der Waals surface area contributed by atoms with E-state index in [0.29, 0.717) is 25.3 Å². The maximum absolute atomic E-state index is 12.3. The van der Waals surface area contributed by atoms with Crippen molar-refractivity contribution in [2.75, 3.05) is 18.4 Å². The minimum Gasteiger partial charge on any atom is -0.383 e. The third kappa shape index (κ3) is 3.83. The first-order valence-corrected chi connectivity index (χ1v) is 8.60. The second-order valence-corrected chi connectivity index (χ2v) is 6.68. The summed E-state index contributed by atoms with van der Waals surface area (Å²) < 4.78 is 28.7. The van der Waals surface area contributed by atoms with E-state index in [1.807, 2.05) is 19.9 Å². The summed E-state index contributed by atoms with van der Waals surface area (Å²) in [5, 5.41) is 7.34. The zero-order valence-electron chi connectivity index (χ0n) is 13.0. The van der Waals surface area contributed by atoms with Gasteiger partial charge in [-0.3, -0.25) is 9.67 Å². The lowest BCUT2D eigenvalue weighted by Crippen LogP contribution is -2.29. The Labute approximate surface area is 130 Å². The molecule has 0 atom stereocenters. The van der Waals surface area contributed by atoms with Gasteiger partial charge in [0.15, 0.2) is 0 Å². The topological polar surface area (TPSA) is 88.9 Å². The van der Waals surface area contributed by atoms with Gasteiger partial charge in [0.2, 0.25) is 10.0 Å². The van der Waals surface area contributed by atoms with Crippen molar-refractivity contribution < 1.29 is 8.42 Å². The van der Waals surface area contributed by atoms with E-state index >= 15 is 0 Å². The zero-order valence-corrected chi connectivity index (χ0v) is 13.8. The van der Waals surface area contributed by atoms with Crippen LogP contribution in [0.4, 0.5) is 5.69 Å². The molecule has 8 heteroatoms. The molecule has 2 rings (SSSR count). The normalized spacial score (nSPS) is 11.6. The Morgan fingerprint density at radius 2 is 2.05 bits per heavy atom. The Bertz CT molecular complexity index is 739. The molecule has 0 saturated carbocycles. The number of hydrogen-bond acceptors (Lipinski definition) is 5. The van der Waals surface area contributed by atoms with Crippen molar-refractivity contribution in [3.63, 3.8) is 0 Å². The number of rotatable bonds is 7. The lowest BCUT2D eigenvalue weighted by Gasteiger charge is -2.09. The summed E-state index contributed by atoms with van der Waals surface area (Å²) in [5.41, 5.74) is 2.47. The van der Waals surface area contributed by atoms with Crippen LogP contribution in [0.25, 0.3) is 0 Å². The number of aromatic nitrogens is 3. The maximum Gasteiger partial charge on any atom is 0.244 e. The van der Waals surface area contributed by atoms with Crippen LogP contribution in [0.1, 0.15) is 18.2 Å². The molecule has 0 aliphatic heterocycles. The van der Waals surface area contributed by atoms with Gasteiger partial charge in [-0.1, -0.05) is 0 Å². The molecule has 0 aromatic carbocycles. The molecule has 0 aliphatic carbocycles. The van der Waals surface area contributed by atoms with Gasteiger partial charge in [0, 0.05) is 43.9 Å². The molecule has 0 amide bonds. The van der Waals surface area contributed by atoms with Crippen LogP contribution in [-0.4, -0.2) is 36.3 Å². The Hall–Kier alpha value is -1.93. The first-order chi connectivity index (χ1) is 10.4. The summed E-state index contributed by atoms with van der Waals surface area (Å²) in [6.07, 6.45) is 5.01. The molecule has 2 N–H and O–H groups in total. The molecule has 0 fully saturated rings. The standard InChI is InChI=1S/C14H21N5O2S/c1-4-19-10-14(12(3)18-19)22(20,21)17-8-7-16-13-5-6-15-9-11(13)2/h5-6,9-10,17H,4,7-8H2,1-3H3,(H,15,16). The van der Waals surface area contributed by atoms with E-state index < -0.39 is 10.0 Å². The quantitative estimate of drug-likeness (QED) is 0.750. The van der Waals surface area contributed by atoms with Crippen molar-refractivity contribution >= 4 is 15.7 Å². The highest BCUT2D eigenvalue weighted by Crippen LogP contribution is 2.13. The number of pyridine rings is 1. The van der Waals surface area contributed by atoms with Gasteiger partial charge >= 0.3 is 0 Å². The van der Waals surface area contributed by atoms with E-state index in [9.17, 15) is 8.42 Å². The number of sulfonamides is 1. The molecule has 0 saturated heterocycles. The molecular weight excluding hydrogens is 302 g/mol. The van der Waals surface area contributed by atoms with Crippen molar-refractivity contribution in [2.24, 2.45) is 0 Å². The lowest BCUT2D eigenvalue weighted by molar-refractivity contribution is 0.582. The number of aryl methyl sites for hydroxylation is 3. The molecule has 120 valence electrons. The maximum atomic E-state index is 12.3. The van der Waals surface area contributed by atoms with Gasteiger partial charge in [-0.05, 0) is 32.4 Å². The van der Waals surface area contributed by atoms with E-state index in [4.69, 9.17) is 0 Å². The highest BCUT2D eigenvalue weighted by Gasteiger charge is 2.19. The summed E-state index contributed by atoms with van der Waals surface area (Å²) in [4.78, 5) is 4.24. The molecule has 7 nitrogen and oxygen atoms in total. The summed E-state index contributed by atoms with van der Waals surface area (Å²) in [7, 11) is -3.53. The predicted octanol–water partition coefficient (Wildman–Crippen LogP) is 1.31. The zero-order chi connectivity index (χ0) is 16.2. The van der Waals surface area contributed by atoms with Crippen LogP contribution in [0.15, 0.2) is 29.6 Å². The first-order valence-electron chi connectivity index (χ1n) is 7.12. The Balaban J connectivity index is 1.93. The number of anilines is 1. The number of nitrogens with one attached hydrogen (secondary N) is 2. The van der Waals surface area contributed by atoms with Gasteiger partial charge in [-0.2, -0.15) is 5.10 Å². The van der Waals surface area contributed by atoms with Crippen molar-refractivity contribution in [3.8, 4) is 0 Å². The summed E-state index contributed by atoms with van der Waals surface area (Å²) in [6.45, 7) is 6.98. The van der Waals surface area contributed by atoms with Crippen molar-refractivity contribution in [2.45, 2.75) is 32.2 Å². The Kier molecular flexibility index (Phi) is 5.15. The van der Waals surface area contributed by atoms with Gasteiger partial charge in [0.1, 0.15) is 4.90 Å². The summed E-state index contributed by atoms with van der Waals surface area (Å²) in [6, 6.07) is 1.86. The SMILES string of the molecule is CCn1cc(S(=O)(=O)NCCNc2ccncc2C)c(C)n1. The smallest absolute Gasteiger partial charge is 0.244 e. The molecule has 0 aliphatic rings. The van der Waals surface area contributed by atoms with Gasteiger partial charge in [0.05, 0.1) is 5.69 Å². The van der Waals surface area contributed by atoms with E-state index in [1.165, 1.54) is 0 Å². The monoisotopic (exact) mass is 323 g/mol. The fourth-order valence-corrected chi connectivity index (χ4v) is 3.27. The second kappa shape index (κ2) is 6.89. The molecule has 22 heavy (non-hydrogen) atoms. The number of nitrogens with zero attached hydrogens (tertiary/aromatic N) is 3. The predicted molar refractivity (Wildman–Crippen MR) is 85.3 cm³/mol. The second-order valence-electron chi connectivity index (χ2n) is 4.95. The first kappa shape index (κ1) is 16.4. The molecule has 0 unspecified atom stereocenters. The van der Waals surface area contributed by atoms with Crippen LogP contribution < -0.4 is 10.0 Å². The van der Waals surface area contributed by atoms with Gasteiger partial charge in [0.25, 0.3) is 0 Å². The molecule has 0 spiro atoms. The van der Waals surface area contributed by atoms with E-state index in [0.717, 1.165) is 11.3 Å².